The molecule has 0 aliphatic heterocycles. The summed E-state index contributed by atoms with van der Waals surface area (Å²) in [5.74, 6) is -0.130. The minimum atomic E-state index is -0.975. The molecule has 0 aliphatic rings. The minimum Gasteiger partial charge on any atom is -0.466 e. The summed E-state index contributed by atoms with van der Waals surface area (Å²) >= 11 is 0. The molecule has 0 saturated heterocycles. The van der Waals surface area contributed by atoms with E-state index < -0.39 is 21.7 Å². The van der Waals surface area contributed by atoms with E-state index in [2.05, 4.69) is 10.1 Å². The van der Waals surface area contributed by atoms with E-state index in [1.807, 2.05) is 6.07 Å². The fourth-order valence-corrected chi connectivity index (χ4v) is 2.92. The number of rotatable bonds is 7. The summed E-state index contributed by atoms with van der Waals surface area (Å²) in [5, 5.41) is 14.4. The molecular weight excluding hydrogens is 356 g/mol. The van der Waals surface area contributed by atoms with Gasteiger partial charge in [-0.1, -0.05) is 18.2 Å². The normalized spacial score (nSPS) is 11.9. The van der Waals surface area contributed by atoms with Crippen LogP contribution in [0, 0.1) is 10.1 Å². The lowest BCUT2D eigenvalue weighted by Gasteiger charge is -2.09. The maximum Gasteiger partial charge on any atom is 0.330 e. The lowest BCUT2D eigenvalue weighted by molar-refractivity contribution is -0.383. The lowest BCUT2D eigenvalue weighted by Crippen LogP contribution is -1.99. The Morgan fingerprint density at radius 1 is 1.31 bits per heavy atom. The Bertz CT molecular complexity index is 880. The van der Waals surface area contributed by atoms with Crippen molar-refractivity contribution in [2.75, 3.05) is 18.7 Å². The number of nitro groups is 1. The van der Waals surface area contributed by atoms with Crippen molar-refractivity contribution in [3.63, 3.8) is 0 Å². The predicted octanol–water partition coefficient (Wildman–Crippen LogP) is 3.40. The van der Waals surface area contributed by atoms with Crippen molar-refractivity contribution in [3.8, 4) is 0 Å². The van der Waals surface area contributed by atoms with Crippen molar-refractivity contribution in [2.24, 2.45) is 0 Å². The zero-order valence-corrected chi connectivity index (χ0v) is 15.1. The molecule has 0 aromatic heterocycles. The number of nitrogens with zero attached hydrogens (tertiary/aromatic N) is 1. The summed E-state index contributed by atoms with van der Waals surface area (Å²) in [6, 6.07) is 11.8. The van der Waals surface area contributed by atoms with Gasteiger partial charge >= 0.3 is 5.97 Å². The van der Waals surface area contributed by atoms with Crippen LogP contribution in [-0.2, 0) is 26.1 Å². The zero-order chi connectivity index (χ0) is 19.1. The van der Waals surface area contributed by atoms with Gasteiger partial charge in [-0.2, -0.15) is 0 Å². The minimum absolute atomic E-state index is 0.124. The van der Waals surface area contributed by atoms with Gasteiger partial charge in [-0.25, -0.2) is 4.79 Å². The molecule has 8 heteroatoms. The molecule has 1 unspecified atom stereocenters. The third-order valence-electron chi connectivity index (χ3n) is 3.41. The van der Waals surface area contributed by atoms with E-state index in [0.717, 1.165) is 5.56 Å². The number of ether oxygens (including phenoxy) is 1. The van der Waals surface area contributed by atoms with Gasteiger partial charge in [0.25, 0.3) is 5.69 Å². The maximum absolute atomic E-state index is 11.4. The molecule has 0 spiro atoms. The molecule has 0 heterocycles. The van der Waals surface area contributed by atoms with E-state index in [9.17, 15) is 19.1 Å². The molecule has 2 aromatic carbocycles. The van der Waals surface area contributed by atoms with Crippen LogP contribution in [0.1, 0.15) is 11.1 Å². The van der Waals surface area contributed by atoms with Gasteiger partial charge in [0.1, 0.15) is 5.69 Å². The molecule has 26 heavy (non-hydrogen) atoms. The molecule has 0 radical (unpaired) electrons. The van der Waals surface area contributed by atoms with Crippen LogP contribution >= 0.6 is 0 Å². The van der Waals surface area contributed by atoms with Crippen molar-refractivity contribution in [1.82, 2.24) is 0 Å². The number of esters is 1. The highest BCUT2D eigenvalue weighted by Crippen LogP contribution is 2.29. The van der Waals surface area contributed by atoms with Gasteiger partial charge in [-0.3, -0.25) is 14.3 Å². The third-order valence-corrected chi connectivity index (χ3v) is 4.15. The van der Waals surface area contributed by atoms with Crippen molar-refractivity contribution >= 4 is 39.9 Å². The van der Waals surface area contributed by atoms with Crippen LogP contribution in [0.5, 0.6) is 0 Å². The van der Waals surface area contributed by atoms with Gasteiger partial charge in [-0.15, -0.1) is 0 Å². The van der Waals surface area contributed by atoms with Crippen molar-refractivity contribution in [3.05, 3.63) is 69.8 Å². The third kappa shape index (κ3) is 5.52. The quantitative estimate of drug-likeness (QED) is 0.345. The molecule has 1 N–H and O–H groups in total. The molecule has 1 atom stereocenters. The second-order valence-electron chi connectivity index (χ2n) is 5.43. The van der Waals surface area contributed by atoms with E-state index in [1.165, 1.54) is 25.3 Å². The van der Waals surface area contributed by atoms with Gasteiger partial charge < -0.3 is 10.1 Å². The number of hydrogen-bond acceptors (Lipinski definition) is 6. The summed E-state index contributed by atoms with van der Waals surface area (Å²) in [6.07, 6.45) is 4.26. The van der Waals surface area contributed by atoms with Gasteiger partial charge in [0.2, 0.25) is 0 Å². The first-order valence-electron chi connectivity index (χ1n) is 7.59. The smallest absolute Gasteiger partial charge is 0.330 e. The van der Waals surface area contributed by atoms with E-state index >= 15 is 0 Å². The molecule has 2 aromatic rings. The van der Waals surface area contributed by atoms with E-state index in [0.29, 0.717) is 22.7 Å². The largest absolute Gasteiger partial charge is 0.466 e. The Morgan fingerprint density at radius 2 is 2.08 bits per heavy atom. The first-order chi connectivity index (χ1) is 12.4. The average Bonchev–Trinajstić information content (AvgIpc) is 2.60. The number of anilines is 2. The molecule has 2 rings (SSSR count). The Kier molecular flexibility index (Phi) is 6.62. The number of hydrogen-bond donors (Lipinski definition) is 1. The van der Waals surface area contributed by atoms with Crippen molar-refractivity contribution in [1.29, 1.82) is 0 Å². The predicted molar refractivity (Wildman–Crippen MR) is 102 cm³/mol. The summed E-state index contributed by atoms with van der Waals surface area (Å²) in [4.78, 5) is 22.0. The number of methoxy groups -OCH3 is 1. The highest BCUT2D eigenvalue weighted by molar-refractivity contribution is 7.83. The lowest BCUT2D eigenvalue weighted by atomic mass is 10.1. The summed E-state index contributed by atoms with van der Waals surface area (Å²) in [5.41, 5.74) is 2.23. The first kappa shape index (κ1) is 19.3. The molecule has 136 valence electrons. The molecule has 0 fully saturated rings. The fourth-order valence-electron chi connectivity index (χ4n) is 2.27. The second-order valence-corrected chi connectivity index (χ2v) is 6.87. The van der Waals surface area contributed by atoms with Crippen molar-refractivity contribution < 1.29 is 18.7 Å². The molecule has 0 aliphatic carbocycles. The standard InChI is InChI=1S/C18H18N2O5S/c1-25-18(21)9-7-13-6-8-16(17(11-13)20(22)23)19-15-5-3-4-14(10-15)12-26(2)24/h3-11,19H,12H2,1-2H3/b9-7+. The van der Waals surface area contributed by atoms with E-state index in [4.69, 9.17) is 0 Å². The molecule has 7 nitrogen and oxygen atoms in total. The zero-order valence-electron chi connectivity index (χ0n) is 14.3. The Labute approximate surface area is 153 Å². The highest BCUT2D eigenvalue weighted by Gasteiger charge is 2.14. The van der Waals surface area contributed by atoms with E-state index in [1.54, 1.807) is 36.6 Å². The summed E-state index contributed by atoms with van der Waals surface area (Å²) in [6.45, 7) is 0. The SMILES string of the molecule is COC(=O)/C=C/c1ccc(Nc2cccc(CS(C)=O)c2)c([N+](=O)[O-])c1. The Hall–Kier alpha value is -3.00. The van der Waals surface area contributed by atoms with Gasteiger partial charge in [0.15, 0.2) is 0 Å². The van der Waals surface area contributed by atoms with Gasteiger partial charge in [-0.05, 0) is 35.4 Å². The van der Waals surface area contributed by atoms with E-state index in [-0.39, 0.29) is 5.69 Å². The van der Waals surface area contributed by atoms with Crippen molar-refractivity contribution in [2.45, 2.75) is 5.75 Å². The first-order valence-corrected chi connectivity index (χ1v) is 9.32. The summed E-state index contributed by atoms with van der Waals surface area (Å²) < 4.78 is 15.9. The molecular formula is C18H18N2O5S. The topological polar surface area (TPSA) is 98.5 Å². The van der Waals surface area contributed by atoms with Crippen LogP contribution in [0.25, 0.3) is 6.08 Å². The average molecular weight is 374 g/mol. The Morgan fingerprint density at radius 3 is 2.73 bits per heavy atom. The second kappa shape index (κ2) is 8.91. The van der Waals surface area contributed by atoms with Crippen LogP contribution in [0.3, 0.4) is 0 Å². The van der Waals surface area contributed by atoms with Crippen LogP contribution < -0.4 is 5.32 Å². The maximum atomic E-state index is 11.4. The molecule has 0 bridgehead atoms. The molecule has 0 amide bonds. The van der Waals surface area contributed by atoms with Crippen LogP contribution in [0.4, 0.5) is 17.1 Å². The monoisotopic (exact) mass is 374 g/mol. The number of carbonyl (C=O) groups is 1. The number of carbonyl (C=O) groups excluding carboxylic acids is 1. The summed E-state index contributed by atoms with van der Waals surface area (Å²) in [7, 11) is 0.280. The number of nitrogens with one attached hydrogen (secondary N) is 1. The van der Waals surface area contributed by atoms with Crippen LogP contribution in [0.2, 0.25) is 0 Å². The number of benzene rings is 2. The van der Waals surface area contributed by atoms with Crippen LogP contribution in [0.15, 0.2) is 48.5 Å². The molecule has 0 saturated carbocycles. The number of nitro benzene ring substituents is 1. The Balaban J connectivity index is 2.29. The highest BCUT2D eigenvalue weighted by atomic mass is 32.2. The van der Waals surface area contributed by atoms with Gasteiger partial charge in [0, 0.05) is 40.6 Å². The van der Waals surface area contributed by atoms with Gasteiger partial charge in [0.05, 0.1) is 12.0 Å². The van der Waals surface area contributed by atoms with Crippen LogP contribution in [-0.4, -0.2) is 28.5 Å². The fraction of sp³-hybridized carbons (Fsp3) is 0.167.